The number of nitrogens with one attached hydrogen (secondary N) is 2. The minimum absolute atomic E-state index is 0.248. The highest BCUT2D eigenvalue weighted by Gasteiger charge is 2.16. The number of halogens is 1. The molecular formula is C21H25ClN2O3. The van der Waals surface area contributed by atoms with Gasteiger partial charge in [0.05, 0.1) is 10.9 Å². The highest BCUT2D eigenvalue weighted by molar-refractivity contribution is 6.32. The fourth-order valence-corrected chi connectivity index (χ4v) is 2.74. The van der Waals surface area contributed by atoms with E-state index in [1.807, 2.05) is 24.3 Å². The van der Waals surface area contributed by atoms with Gasteiger partial charge in [-0.25, -0.2) is 0 Å². The molecule has 1 unspecified atom stereocenters. The first-order valence-electron chi connectivity index (χ1n) is 8.91. The van der Waals surface area contributed by atoms with Gasteiger partial charge in [-0.1, -0.05) is 61.8 Å². The van der Waals surface area contributed by atoms with Crippen LogP contribution in [0.4, 0.5) is 0 Å². The second-order valence-electron chi connectivity index (χ2n) is 6.82. The van der Waals surface area contributed by atoms with Crippen LogP contribution in [0.2, 0.25) is 5.02 Å². The van der Waals surface area contributed by atoms with E-state index in [4.69, 9.17) is 16.3 Å². The van der Waals surface area contributed by atoms with Crippen LogP contribution < -0.4 is 15.6 Å². The maximum Gasteiger partial charge on any atom is 0.276 e. The molecule has 0 fully saturated rings. The van der Waals surface area contributed by atoms with Gasteiger partial charge in [0, 0.05) is 0 Å². The molecule has 0 aliphatic rings. The number of rotatable bonds is 7. The molecule has 0 aliphatic carbocycles. The van der Waals surface area contributed by atoms with Crippen LogP contribution in [0, 0.1) is 5.92 Å². The van der Waals surface area contributed by atoms with Crippen LogP contribution in [-0.4, -0.2) is 18.4 Å². The number of carbonyl (C=O) groups excluding carboxylic acids is 2. The Labute approximate surface area is 165 Å². The van der Waals surface area contributed by atoms with Crippen molar-refractivity contribution >= 4 is 23.4 Å². The molecule has 0 aliphatic heterocycles. The maximum absolute atomic E-state index is 12.3. The standard InChI is InChI=1S/C21H25ClN2O3/c1-14(2)12-16-8-10-17(11-9-16)15(3)21(26)24-23-20(25)13-27-19-7-5-4-6-18(19)22/h4-11,14-15H,12-13H2,1-3H3,(H,23,25)(H,24,26). The molecular weight excluding hydrogens is 364 g/mol. The molecule has 2 amide bonds. The third kappa shape index (κ3) is 6.61. The molecule has 6 heteroatoms. The van der Waals surface area contributed by atoms with Crippen molar-refractivity contribution in [1.29, 1.82) is 0 Å². The summed E-state index contributed by atoms with van der Waals surface area (Å²) in [4.78, 5) is 24.1. The van der Waals surface area contributed by atoms with Gasteiger partial charge >= 0.3 is 0 Å². The predicted molar refractivity (Wildman–Crippen MR) is 107 cm³/mol. The number of ether oxygens (including phenoxy) is 1. The highest BCUT2D eigenvalue weighted by atomic mass is 35.5. The molecule has 5 nitrogen and oxygen atoms in total. The first kappa shape index (κ1) is 20.8. The van der Waals surface area contributed by atoms with Crippen LogP contribution in [0.1, 0.15) is 37.8 Å². The molecule has 2 N–H and O–H groups in total. The second kappa shape index (κ2) is 9.97. The number of hydrazine groups is 1. The van der Waals surface area contributed by atoms with Gasteiger partial charge in [0.25, 0.3) is 5.91 Å². The molecule has 0 bridgehead atoms. The lowest BCUT2D eigenvalue weighted by Crippen LogP contribution is -2.45. The van der Waals surface area contributed by atoms with E-state index in [9.17, 15) is 9.59 Å². The van der Waals surface area contributed by atoms with Gasteiger partial charge in [0.1, 0.15) is 5.75 Å². The summed E-state index contributed by atoms with van der Waals surface area (Å²) in [6.07, 6.45) is 1.00. The number of amides is 2. The first-order valence-corrected chi connectivity index (χ1v) is 9.29. The smallest absolute Gasteiger partial charge is 0.276 e. The Morgan fingerprint density at radius 2 is 1.67 bits per heavy atom. The SMILES string of the molecule is CC(C)Cc1ccc(C(C)C(=O)NNC(=O)COc2ccccc2Cl)cc1. The third-order valence-electron chi connectivity index (χ3n) is 4.04. The fraction of sp³-hybridized carbons (Fsp3) is 0.333. The number of benzene rings is 2. The first-order chi connectivity index (χ1) is 12.9. The Hall–Kier alpha value is -2.53. The van der Waals surface area contributed by atoms with Crippen LogP contribution in [0.25, 0.3) is 0 Å². The summed E-state index contributed by atoms with van der Waals surface area (Å²) in [6, 6.07) is 14.8. The number of hydrogen-bond donors (Lipinski definition) is 2. The zero-order chi connectivity index (χ0) is 19.8. The van der Waals surface area contributed by atoms with E-state index in [-0.39, 0.29) is 18.4 Å². The van der Waals surface area contributed by atoms with Crippen molar-refractivity contribution in [3.05, 3.63) is 64.7 Å². The highest BCUT2D eigenvalue weighted by Crippen LogP contribution is 2.22. The van der Waals surface area contributed by atoms with Crippen molar-refractivity contribution < 1.29 is 14.3 Å². The Morgan fingerprint density at radius 1 is 1.00 bits per heavy atom. The normalized spacial score (nSPS) is 11.7. The Balaban J connectivity index is 1.80. The second-order valence-corrected chi connectivity index (χ2v) is 7.22. The topological polar surface area (TPSA) is 67.4 Å². The summed E-state index contributed by atoms with van der Waals surface area (Å²) < 4.78 is 5.33. The largest absolute Gasteiger partial charge is 0.482 e. The lowest BCUT2D eigenvalue weighted by molar-refractivity contribution is -0.130. The van der Waals surface area contributed by atoms with Crippen molar-refractivity contribution in [3.63, 3.8) is 0 Å². The third-order valence-corrected chi connectivity index (χ3v) is 4.35. The van der Waals surface area contributed by atoms with E-state index >= 15 is 0 Å². The fourth-order valence-electron chi connectivity index (χ4n) is 2.55. The average molecular weight is 389 g/mol. The lowest BCUT2D eigenvalue weighted by Gasteiger charge is -2.14. The molecule has 144 valence electrons. The molecule has 0 radical (unpaired) electrons. The zero-order valence-electron chi connectivity index (χ0n) is 15.8. The monoisotopic (exact) mass is 388 g/mol. The van der Waals surface area contributed by atoms with Crippen LogP contribution in [-0.2, 0) is 16.0 Å². The number of hydrogen-bond acceptors (Lipinski definition) is 3. The predicted octanol–water partition coefficient (Wildman–Crippen LogP) is 3.87. The molecule has 0 spiro atoms. The van der Waals surface area contributed by atoms with E-state index in [0.29, 0.717) is 16.7 Å². The minimum Gasteiger partial charge on any atom is -0.482 e. The molecule has 1 atom stereocenters. The van der Waals surface area contributed by atoms with E-state index in [0.717, 1.165) is 12.0 Å². The van der Waals surface area contributed by atoms with Crippen LogP contribution in [0.15, 0.2) is 48.5 Å². The Bertz CT molecular complexity index is 775. The molecule has 27 heavy (non-hydrogen) atoms. The quantitative estimate of drug-likeness (QED) is 0.707. The Morgan fingerprint density at radius 3 is 2.30 bits per heavy atom. The molecule has 2 rings (SSSR count). The molecule has 2 aromatic carbocycles. The van der Waals surface area contributed by atoms with Crippen LogP contribution in [0.3, 0.4) is 0 Å². The maximum atomic E-state index is 12.3. The lowest BCUT2D eigenvalue weighted by atomic mass is 9.96. The molecule has 0 heterocycles. The Kier molecular flexibility index (Phi) is 7.67. The summed E-state index contributed by atoms with van der Waals surface area (Å²) in [6.45, 7) is 5.88. The van der Waals surface area contributed by atoms with Gasteiger partial charge in [-0.15, -0.1) is 0 Å². The summed E-state index contributed by atoms with van der Waals surface area (Å²) in [7, 11) is 0. The molecule has 0 saturated heterocycles. The number of para-hydroxylation sites is 1. The van der Waals surface area contributed by atoms with Gasteiger partial charge in [-0.2, -0.15) is 0 Å². The van der Waals surface area contributed by atoms with Crippen molar-refractivity contribution in [2.24, 2.45) is 5.92 Å². The summed E-state index contributed by atoms with van der Waals surface area (Å²) in [5, 5.41) is 0.420. The summed E-state index contributed by atoms with van der Waals surface area (Å²) in [5.41, 5.74) is 6.91. The van der Waals surface area contributed by atoms with Gasteiger partial charge in [0.15, 0.2) is 6.61 Å². The van der Waals surface area contributed by atoms with Crippen molar-refractivity contribution in [2.75, 3.05) is 6.61 Å². The van der Waals surface area contributed by atoms with E-state index in [2.05, 4.69) is 24.7 Å². The van der Waals surface area contributed by atoms with Gasteiger partial charge in [0.2, 0.25) is 5.91 Å². The van der Waals surface area contributed by atoms with Crippen molar-refractivity contribution in [3.8, 4) is 5.75 Å². The minimum atomic E-state index is -0.470. The van der Waals surface area contributed by atoms with Gasteiger partial charge in [-0.3, -0.25) is 20.4 Å². The summed E-state index contributed by atoms with van der Waals surface area (Å²) >= 11 is 5.96. The van der Waals surface area contributed by atoms with E-state index < -0.39 is 5.91 Å². The summed E-state index contributed by atoms with van der Waals surface area (Å²) in [5.74, 6) is -0.154. The van der Waals surface area contributed by atoms with Crippen molar-refractivity contribution in [2.45, 2.75) is 33.1 Å². The molecule has 2 aromatic rings. The van der Waals surface area contributed by atoms with Crippen LogP contribution >= 0.6 is 11.6 Å². The number of carbonyl (C=O) groups is 2. The van der Waals surface area contributed by atoms with Crippen molar-refractivity contribution in [1.82, 2.24) is 10.9 Å². The van der Waals surface area contributed by atoms with Gasteiger partial charge < -0.3 is 4.74 Å². The zero-order valence-corrected chi connectivity index (χ0v) is 16.5. The van der Waals surface area contributed by atoms with E-state index in [1.165, 1.54) is 5.56 Å². The average Bonchev–Trinajstić information content (AvgIpc) is 2.65. The molecule has 0 aromatic heterocycles. The van der Waals surface area contributed by atoms with E-state index in [1.54, 1.807) is 31.2 Å². The van der Waals surface area contributed by atoms with Gasteiger partial charge in [-0.05, 0) is 42.5 Å². The molecule has 0 saturated carbocycles. The van der Waals surface area contributed by atoms with Crippen LogP contribution in [0.5, 0.6) is 5.75 Å².